The van der Waals surface area contributed by atoms with Crippen molar-refractivity contribution in [2.75, 3.05) is 13.1 Å². The van der Waals surface area contributed by atoms with Gasteiger partial charge in [-0.25, -0.2) is 4.79 Å². The number of benzene rings is 2. The summed E-state index contributed by atoms with van der Waals surface area (Å²) in [5.41, 5.74) is 0.0157. The van der Waals surface area contributed by atoms with E-state index in [0.29, 0.717) is 86.6 Å². The highest BCUT2D eigenvalue weighted by Gasteiger charge is 2.59. The lowest BCUT2D eigenvalue weighted by Gasteiger charge is -2.58. The Kier molecular flexibility index (Phi) is 13.5. The first kappa shape index (κ1) is 48.4. The van der Waals surface area contributed by atoms with E-state index in [4.69, 9.17) is 20.8 Å². The summed E-state index contributed by atoms with van der Waals surface area (Å²) in [6, 6.07) is 11.7. The van der Waals surface area contributed by atoms with E-state index in [0.717, 1.165) is 61.8 Å². The van der Waals surface area contributed by atoms with E-state index >= 15 is 4.79 Å². The molecule has 0 aliphatic heterocycles. The van der Waals surface area contributed by atoms with Gasteiger partial charge in [0, 0.05) is 23.1 Å². The Bertz CT molecular complexity index is 2320. The number of ether oxygens (including phenoxy) is 1. The number of amides is 1. The van der Waals surface area contributed by atoms with Crippen LogP contribution in [-0.4, -0.2) is 57.9 Å². The van der Waals surface area contributed by atoms with Gasteiger partial charge in [0.05, 0.1) is 28.8 Å². The highest BCUT2D eigenvalue weighted by atomic mass is 35.5. The van der Waals surface area contributed by atoms with Gasteiger partial charge in [-0.05, 0) is 198 Å². The second kappa shape index (κ2) is 18.6. The zero-order chi connectivity index (χ0) is 47.6. The lowest BCUT2D eigenvalue weighted by atomic mass is 9.49. The van der Waals surface area contributed by atoms with Crippen molar-refractivity contribution in [3.05, 3.63) is 93.2 Å². The molecule has 6 bridgehead atoms. The maximum absolute atomic E-state index is 15.1. The quantitative estimate of drug-likeness (QED) is 0.164. The summed E-state index contributed by atoms with van der Waals surface area (Å²) in [6.45, 7) is 11.6. The molecular formula is C56H71ClF3NO6. The van der Waals surface area contributed by atoms with Crippen molar-refractivity contribution >= 4 is 23.5 Å². The number of fused-ring (bicyclic) bond motifs is 8. The van der Waals surface area contributed by atoms with Crippen LogP contribution in [0.5, 0.6) is 0 Å². The molecular weight excluding hydrogens is 875 g/mol. The number of carbonyl (C=O) groups is 2. The number of rotatable bonds is 9. The first-order chi connectivity index (χ1) is 31.7. The fourth-order valence-electron chi connectivity index (χ4n) is 14.7. The fraction of sp³-hybridized carbons (Fsp3) is 0.643. The minimum atomic E-state index is -4.60. The molecule has 8 aliphatic carbocycles. The molecule has 364 valence electrons. The number of ketones is 1. The van der Waals surface area contributed by atoms with Crippen LogP contribution >= 0.6 is 11.6 Å². The maximum Gasteiger partial charge on any atom is 0.416 e. The van der Waals surface area contributed by atoms with Crippen LogP contribution < -0.4 is 0 Å². The van der Waals surface area contributed by atoms with Crippen molar-refractivity contribution in [1.82, 2.24) is 4.90 Å². The van der Waals surface area contributed by atoms with E-state index in [-0.39, 0.29) is 58.1 Å². The van der Waals surface area contributed by atoms with Crippen LogP contribution in [0.25, 0.3) is 11.3 Å². The minimum Gasteiger partial charge on any atom is -0.453 e. The third kappa shape index (κ3) is 9.80. The summed E-state index contributed by atoms with van der Waals surface area (Å²) >= 11 is 6.41. The zero-order valence-electron chi connectivity index (χ0n) is 40.1. The van der Waals surface area contributed by atoms with Crippen LogP contribution in [0.3, 0.4) is 0 Å². The van der Waals surface area contributed by atoms with Gasteiger partial charge in [-0.2, -0.15) is 13.2 Å². The largest absolute Gasteiger partial charge is 0.453 e. The Hall–Kier alpha value is -3.60. The number of carbonyl (C=O) groups excluding carboxylic acids is 2. The van der Waals surface area contributed by atoms with Crippen LogP contribution in [0, 0.1) is 46.3 Å². The standard InChI is InChI=1S/C56H71ClF3NO6/c1-33(2)42-13-9-35(4)21-50(42)67-52(64)61(31-54-28-37-22-38(29-54)24-39(23-37)30-54)32-55(65)20-18-46-43-14-10-36(25-41(62)12-8-34(3)7-6-19-53(46,55)5)26-44(43)51(63)49-17-16-48(66-49)45-27-40(56(58,59)60)11-15-47(45)57/h7,10-11,14-17,26-27,33,35,37-39,41-42,46,50,62,65H,6,8-9,12-13,18-25,28-32H2,1-5H3/t35-,37?,38?,39?,41-,42+,46-,50-,53-,54?,55+/m0/s1. The van der Waals surface area contributed by atoms with E-state index in [9.17, 15) is 28.2 Å². The van der Waals surface area contributed by atoms with Gasteiger partial charge in [0.25, 0.3) is 0 Å². The average Bonchev–Trinajstić information content (AvgIpc) is 3.84. The topological polar surface area (TPSA) is 100 Å². The highest BCUT2D eigenvalue weighted by molar-refractivity contribution is 6.33. The second-order valence-electron chi connectivity index (χ2n) is 23.2. The molecule has 1 aromatic heterocycles. The number of hydrogen-bond acceptors (Lipinski definition) is 6. The molecule has 1 amide bonds. The Labute approximate surface area is 400 Å². The predicted molar refractivity (Wildman–Crippen MR) is 255 cm³/mol. The second-order valence-corrected chi connectivity index (χ2v) is 23.6. The molecule has 6 fully saturated rings. The van der Waals surface area contributed by atoms with Crippen LogP contribution in [0.2, 0.25) is 5.02 Å². The molecule has 7 atom stereocenters. The summed E-state index contributed by atoms with van der Waals surface area (Å²) in [4.78, 5) is 31.9. The summed E-state index contributed by atoms with van der Waals surface area (Å²) < 4.78 is 54.1. The first-order valence-corrected chi connectivity index (χ1v) is 25.8. The molecule has 6 saturated carbocycles. The molecule has 2 N–H and O–H groups in total. The highest BCUT2D eigenvalue weighted by Crippen LogP contribution is 2.62. The van der Waals surface area contributed by atoms with Crippen LogP contribution in [0.15, 0.2) is 64.6 Å². The summed E-state index contributed by atoms with van der Waals surface area (Å²) in [6.07, 6.45) is 10.4. The van der Waals surface area contributed by atoms with Crippen LogP contribution in [0.4, 0.5) is 18.0 Å². The van der Waals surface area contributed by atoms with Crippen molar-refractivity contribution < 1.29 is 42.1 Å². The predicted octanol–water partition coefficient (Wildman–Crippen LogP) is 14.0. The van der Waals surface area contributed by atoms with Gasteiger partial charge in [-0.1, -0.05) is 69.5 Å². The molecule has 8 aliphatic rings. The molecule has 67 heavy (non-hydrogen) atoms. The van der Waals surface area contributed by atoms with Gasteiger partial charge in [-0.15, -0.1) is 0 Å². The first-order valence-electron chi connectivity index (χ1n) is 25.4. The number of halogens is 4. The van der Waals surface area contributed by atoms with Crippen LogP contribution in [-0.2, 0) is 17.3 Å². The molecule has 0 unspecified atom stereocenters. The zero-order valence-corrected chi connectivity index (χ0v) is 40.9. The smallest absolute Gasteiger partial charge is 0.416 e. The molecule has 3 aromatic rings. The lowest BCUT2D eigenvalue weighted by molar-refractivity contribution is -0.137. The molecule has 2 aromatic carbocycles. The van der Waals surface area contributed by atoms with E-state index in [1.807, 2.05) is 23.1 Å². The van der Waals surface area contributed by atoms with E-state index < -0.39 is 34.6 Å². The third-order valence-electron chi connectivity index (χ3n) is 17.9. The number of nitrogens with zero attached hydrogens (tertiary/aromatic N) is 1. The van der Waals surface area contributed by atoms with Gasteiger partial charge >= 0.3 is 12.3 Å². The Balaban J connectivity index is 1.09. The summed E-state index contributed by atoms with van der Waals surface area (Å²) in [5, 5.41) is 24.8. The lowest BCUT2D eigenvalue weighted by Crippen LogP contribution is -2.58. The molecule has 0 radical (unpaired) electrons. The fourth-order valence-corrected chi connectivity index (χ4v) is 14.9. The molecule has 7 nitrogen and oxygen atoms in total. The monoisotopic (exact) mass is 945 g/mol. The van der Waals surface area contributed by atoms with Gasteiger partial charge < -0.3 is 24.3 Å². The number of aliphatic hydroxyl groups excluding tert-OH is 1. The van der Waals surface area contributed by atoms with Gasteiger partial charge in [0.15, 0.2) is 5.76 Å². The number of furan rings is 1. The Morgan fingerprint density at radius 2 is 1.64 bits per heavy atom. The number of allylic oxidation sites excluding steroid dienone is 2. The van der Waals surface area contributed by atoms with Crippen molar-refractivity contribution in [3.63, 3.8) is 0 Å². The molecule has 11 heteroatoms. The summed E-state index contributed by atoms with van der Waals surface area (Å²) in [7, 11) is 0. The Morgan fingerprint density at radius 3 is 2.33 bits per heavy atom. The van der Waals surface area contributed by atoms with Crippen molar-refractivity contribution in [1.29, 1.82) is 0 Å². The van der Waals surface area contributed by atoms with Crippen LogP contribution in [0.1, 0.15) is 170 Å². The van der Waals surface area contributed by atoms with E-state index in [1.54, 1.807) is 0 Å². The van der Waals surface area contributed by atoms with Crippen molar-refractivity contribution in [3.8, 4) is 11.3 Å². The van der Waals surface area contributed by atoms with Gasteiger partial charge in [-0.3, -0.25) is 4.79 Å². The van der Waals surface area contributed by atoms with Crippen molar-refractivity contribution in [2.24, 2.45) is 46.3 Å². The normalized spacial score (nSPS) is 34.2. The summed E-state index contributed by atoms with van der Waals surface area (Å²) in [5.74, 6) is 2.38. The SMILES string of the molecule is CC1=CCC[C@@]2(C)[C@@H](CC[C@@]2(O)CN(CC23CC4CC(CC(C4)C2)C3)C(=O)O[C@H]2C[C@@H](C)CC[C@@H]2C(C)C)c2ccc(cc2C(=O)c2ccc(-c3cc(C(F)(F)F)ccc3Cl)o2)C[C@@H](O)CC1. The molecule has 0 saturated heterocycles. The van der Waals surface area contributed by atoms with E-state index in [2.05, 4.69) is 40.7 Å². The number of aliphatic hydroxyl groups is 2. The third-order valence-corrected chi connectivity index (χ3v) is 18.3. The molecule has 1 heterocycles. The number of hydrogen-bond donors (Lipinski definition) is 2. The average molecular weight is 947 g/mol. The maximum atomic E-state index is 15.1. The minimum absolute atomic E-state index is 0.00359. The molecule has 11 rings (SSSR count). The molecule has 0 spiro atoms. The van der Waals surface area contributed by atoms with Gasteiger partial charge in [0.2, 0.25) is 5.78 Å². The van der Waals surface area contributed by atoms with Crippen molar-refractivity contribution in [2.45, 2.75) is 167 Å². The van der Waals surface area contributed by atoms with Gasteiger partial charge in [0.1, 0.15) is 11.9 Å². The Morgan fingerprint density at radius 1 is 0.925 bits per heavy atom. The van der Waals surface area contributed by atoms with E-state index in [1.165, 1.54) is 43.0 Å². The number of alkyl halides is 3.